The third-order valence-electron chi connectivity index (χ3n) is 14.8. The average molecular weight is 863 g/mol. The number of nitrogens with zero attached hydrogens (tertiary/aromatic N) is 2. The SMILES string of the molecule is CC(C)c1ccc(N(c2ccc(C3CCCCC3)cc2)c2cc(-c3ccccc3)c3cc(N(c4ccc(C(C)C)cc4)c4ccc(C5CCCCC5)cc4)cc(-c4ccccc4)c3c2)cc1. The minimum Gasteiger partial charge on any atom is -0.310 e. The highest BCUT2D eigenvalue weighted by atomic mass is 15.1. The summed E-state index contributed by atoms with van der Waals surface area (Å²) in [4.78, 5) is 4.97. The number of benzene rings is 8. The molecule has 2 fully saturated rings. The van der Waals surface area contributed by atoms with Crippen LogP contribution in [0, 0.1) is 0 Å². The van der Waals surface area contributed by atoms with Crippen LogP contribution < -0.4 is 9.80 Å². The lowest BCUT2D eigenvalue weighted by atomic mass is 9.84. The minimum absolute atomic E-state index is 0.456. The fourth-order valence-corrected chi connectivity index (χ4v) is 11.0. The third kappa shape index (κ3) is 9.21. The Morgan fingerprint density at radius 2 is 0.652 bits per heavy atom. The van der Waals surface area contributed by atoms with E-state index in [9.17, 15) is 0 Å². The predicted octanol–water partition coefficient (Wildman–Crippen LogP) is 19.5. The molecule has 2 heteroatoms. The molecule has 0 unspecified atom stereocenters. The molecule has 0 heterocycles. The molecular weight excluding hydrogens is 797 g/mol. The van der Waals surface area contributed by atoms with Gasteiger partial charge in [-0.1, -0.05) is 175 Å². The summed E-state index contributed by atoms with van der Waals surface area (Å²) in [6.45, 7) is 9.11. The highest BCUT2D eigenvalue weighted by Crippen LogP contribution is 2.47. The van der Waals surface area contributed by atoms with Gasteiger partial charge < -0.3 is 9.80 Å². The Hall–Kier alpha value is -6.38. The molecule has 0 bridgehead atoms. The second kappa shape index (κ2) is 19.6. The lowest BCUT2D eigenvalue weighted by Crippen LogP contribution is -2.12. The van der Waals surface area contributed by atoms with E-state index in [1.165, 1.54) is 131 Å². The standard InChI is InChI=1S/C64H66N2/c1-45(2)47-25-33-55(34-26-47)65(57-37-29-51(30-38-57)49-17-9-5-10-18-49)59-41-61(53-21-13-7-14-22-53)64-44-60(42-62(63(64)43-59)54-23-15-8-16-24-54)66(56-35-27-48(28-36-56)46(3)4)58-39-31-52(32-40-58)50-19-11-6-12-20-50/h7-8,13-16,21-46,49-50H,5-6,9-12,17-20H2,1-4H3. The van der Waals surface area contributed by atoms with E-state index in [2.05, 4.69) is 219 Å². The van der Waals surface area contributed by atoms with Gasteiger partial charge in [-0.15, -0.1) is 0 Å². The molecule has 10 rings (SSSR count). The van der Waals surface area contributed by atoms with Crippen molar-refractivity contribution < 1.29 is 0 Å². The first kappa shape index (κ1) is 43.5. The van der Waals surface area contributed by atoms with E-state index >= 15 is 0 Å². The first-order valence-electron chi connectivity index (χ1n) is 25.1. The van der Waals surface area contributed by atoms with E-state index < -0.39 is 0 Å². The van der Waals surface area contributed by atoms with Crippen LogP contribution in [0.5, 0.6) is 0 Å². The van der Waals surface area contributed by atoms with Crippen molar-refractivity contribution in [1.82, 2.24) is 0 Å². The van der Waals surface area contributed by atoms with Gasteiger partial charge in [0, 0.05) is 34.1 Å². The number of rotatable bonds is 12. The molecule has 2 aliphatic rings. The topological polar surface area (TPSA) is 6.48 Å². The van der Waals surface area contributed by atoms with Crippen LogP contribution in [0.4, 0.5) is 34.1 Å². The van der Waals surface area contributed by atoms with Crippen LogP contribution in [0.1, 0.15) is 138 Å². The maximum atomic E-state index is 2.49. The van der Waals surface area contributed by atoms with Gasteiger partial charge in [0.05, 0.1) is 0 Å². The maximum Gasteiger partial charge on any atom is 0.0474 e. The molecule has 66 heavy (non-hydrogen) atoms. The Balaban J connectivity index is 1.20. The highest BCUT2D eigenvalue weighted by molar-refractivity contribution is 6.09. The second-order valence-corrected chi connectivity index (χ2v) is 19.8. The molecule has 8 aromatic rings. The van der Waals surface area contributed by atoms with Gasteiger partial charge in [-0.3, -0.25) is 0 Å². The van der Waals surface area contributed by atoms with Gasteiger partial charge in [0.15, 0.2) is 0 Å². The van der Waals surface area contributed by atoms with Crippen molar-refractivity contribution in [2.45, 2.75) is 116 Å². The quantitative estimate of drug-likeness (QED) is 0.121. The summed E-state index contributed by atoms with van der Waals surface area (Å²) in [5, 5.41) is 2.46. The Morgan fingerprint density at radius 3 is 0.970 bits per heavy atom. The molecule has 2 nitrogen and oxygen atoms in total. The van der Waals surface area contributed by atoms with Crippen LogP contribution in [0.2, 0.25) is 0 Å². The molecule has 0 aromatic heterocycles. The zero-order valence-electron chi connectivity index (χ0n) is 39.6. The fraction of sp³-hybridized carbons (Fsp3) is 0.281. The summed E-state index contributed by atoms with van der Waals surface area (Å²) < 4.78 is 0. The molecule has 2 saturated carbocycles. The van der Waals surface area contributed by atoms with Crippen molar-refractivity contribution in [2.24, 2.45) is 0 Å². The van der Waals surface area contributed by atoms with Gasteiger partial charge >= 0.3 is 0 Å². The molecule has 0 N–H and O–H groups in total. The number of fused-ring (bicyclic) bond motifs is 1. The molecule has 0 spiro atoms. The summed E-state index contributed by atoms with van der Waals surface area (Å²) in [6, 6.07) is 69.6. The van der Waals surface area contributed by atoms with Crippen molar-refractivity contribution in [3.05, 3.63) is 204 Å². The van der Waals surface area contributed by atoms with Crippen LogP contribution in [0.3, 0.4) is 0 Å². The number of anilines is 6. The fourth-order valence-electron chi connectivity index (χ4n) is 11.0. The molecule has 0 atom stereocenters. The van der Waals surface area contributed by atoms with E-state index in [1.807, 2.05) is 0 Å². The predicted molar refractivity (Wildman–Crippen MR) is 284 cm³/mol. The van der Waals surface area contributed by atoms with E-state index in [0.717, 1.165) is 22.7 Å². The number of hydrogen-bond acceptors (Lipinski definition) is 2. The van der Waals surface area contributed by atoms with Crippen molar-refractivity contribution in [1.29, 1.82) is 0 Å². The largest absolute Gasteiger partial charge is 0.310 e. The van der Waals surface area contributed by atoms with Crippen LogP contribution in [-0.4, -0.2) is 0 Å². The first-order chi connectivity index (χ1) is 32.4. The summed E-state index contributed by atoms with van der Waals surface area (Å²) in [5.41, 5.74) is 17.4. The van der Waals surface area contributed by atoms with Crippen LogP contribution >= 0.6 is 0 Å². The van der Waals surface area contributed by atoms with Gasteiger partial charge in [-0.05, 0) is 177 Å². The molecule has 0 saturated heterocycles. The Kier molecular flexibility index (Phi) is 12.9. The molecule has 8 aromatic carbocycles. The lowest BCUT2D eigenvalue weighted by molar-refractivity contribution is 0.443. The molecule has 0 amide bonds. The molecule has 0 radical (unpaired) electrons. The smallest absolute Gasteiger partial charge is 0.0474 e. The van der Waals surface area contributed by atoms with Crippen LogP contribution in [0.15, 0.2) is 182 Å². The van der Waals surface area contributed by atoms with E-state index in [4.69, 9.17) is 0 Å². The van der Waals surface area contributed by atoms with Gasteiger partial charge in [0.1, 0.15) is 0 Å². The third-order valence-corrected chi connectivity index (χ3v) is 14.8. The van der Waals surface area contributed by atoms with Gasteiger partial charge in [0.25, 0.3) is 0 Å². The monoisotopic (exact) mass is 863 g/mol. The summed E-state index contributed by atoms with van der Waals surface area (Å²) in [7, 11) is 0. The maximum absolute atomic E-state index is 2.49. The summed E-state index contributed by atoms with van der Waals surface area (Å²) in [6.07, 6.45) is 13.2. The lowest BCUT2D eigenvalue weighted by Gasteiger charge is -2.30. The van der Waals surface area contributed by atoms with Crippen molar-refractivity contribution >= 4 is 44.9 Å². The van der Waals surface area contributed by atoms with Crippen molar-refractivity contribution in [3.63, 3.8) is 0 Å². The second-order valence-electron chi connectivity index (χ2n) is 19.8. The molecule has 0 aliphatic heterocycles. The van der Waals surface area contributed by atoms with Crippen LogP contribution in [0.25, 0.3) is 33.0 Å². The van der Waals surface area contributed by atoms with Gasteiger partial charge in [0.2, 0.25) is 0 Å². The summed E-state index contributed by atoms with van der Waals surface area (Å²) >= 11 is 0. The van der Waals surface area contributed by atoms with Gasteiger partial charge in [-0.25, -0.2) is 0 Å². The van der Waals surface area contributed by atoms with Crippen molar-refractivity contribution in [3.8, 4) is 22.3 Å². The van der Waals surface area contributed by atoms with E-state index in [0.29, 0.717) is 23.7 Å². The number of hydrogen-bond donors (Lipinski definition) is 0. The minimum atomic E-state index is 0.456. The summed E-state index contributed by atoms with van der Waals surface area (Å²) in [5.74, 6) is 2.22. The molecule has 2 aliphatic carbocycles. The Bertz CT molecular complexity index is 2630. The Labute approximate surface area is 395 Å². The normalized spacial score (nSPS) is 14.8. The van der Waals surface area contributed by atoms with Crippen molar-refractivity contribution in [2.75, 3.05) is 9.80 Å². The van der Waals surface area contributed by atoms with Crippen LogP contribution in [-0.2, 0) is 0 Å². The van der Waals surface area contributed by atoms with E-state index in [-0.39, 0.29) is 0 Å². The zero-order chi connectivity index (χ0) is 45.0. The average Bonchev–Trinajstić information content (AvgIpc) is 3.38. The highest BCUT2D eigenvalue weighted by Gasteiger charge is 2.24. The molecular formula is C64H66N2. The van der Waals surface area contributed by atoms with E-state index in [1.54, 1.807) is 0 Å². The van der Waals surface area contributed by atoms with Gasteiger partial charge in [-0.2, -0.15) is 0 Å². The Morgan fingerprint density at radius 1 is 0.333 bits per heavy atom. The first-order valence-corrected chi connectivity index (χ1v) is 25.1. The zero-order valence-corrected chi connectivity index (χ0v) is 39.6. The molecule has 332 valence electrons.